The summed E-state index contributed by atoms with van der Waals surface area (Å²) in [5.74, 6) is 1.32. The molecule has 6 nitrogen and oxygen atoms in total. The molecule has 136 valence electrons. The Bertz CT molecular complexity index is 1040. The maximum atomic E-state index is 11.3. The fourth-order valence-electron chi connectivity index (χ4n) is 3.47. The average Bonchev–Trinajstić information content (AvgIpc) is 3.45. The lowest BCUT2D eigenvalue weighted by atomic mass is 10.1. The monoisotopic (exact) mass is 360 g/mol. The van der Waals surface area contributed by atoms with E-state index in [4.69, 9.17) is 9.84 Å². The van der Waals surface area contributed by atoms with Crippen molar-refractivity contribution in [3.63, 3.8) is 0 Å². The highest BCUT2D eigenvalue weighted by atomic mass is 16.5. The minimum absolute atomic E-state index is 0.0935. The van der Waals surface area contributed by atoms with Crippen LogP contribution in [-0.4, -0.2) is 20.7 Å². The van der Waals surface area contributed by atoms with Crippen LogP contribution >= 0.6 is 0 Å². The molecule has 27 heavy (non-hydrogen) atoms. The lowest BCUT2D eigenvalue weighted by Crippen LogP contribution is -2.06. The van der Waals surface area contributed by atoms with Gasteiger partial charge in [-0.15, -0.1) is 0 Å². The van der Waals surface area contributed by atoms with E-state index in [0.717, 1.165) is 34.0 Å². The number of hydrogen-bond donors (Lipinski definition) is 1. The first-order valence-corrected chi connectivity index (χ1v) is 9.22. The van der Waals surface area contributed by atoms with Crippen LogP contribution in [0.3, 0.4) is 0 Å². The number of carbonyl (C=O) groups excluding carboxylic acids is 1. The van der Waals surface area contributed by atoms with Crippen LogP contribution in [-0.2, 0) is 17.9 Å². The third kappa shape index (κ3) is 3.18. The van der Waals surface area contributed by atoms with E-state index in [0.29, 0.717) is 19.1 Å². The molecule has 2 aromatic heterocycles. The van der Waals surface area contributed by atoms with Gasteiger partial charge in [-0.2, -0.15) is 5.10 Å². The number of rotatable bonds is 3. The predicted molar refractivity (Wildman–Crippen MR) is 102 cm³/mol. The number of aromatic nitrogens is 3. The summed E-state index contributed by atoms with van der Waals surface area (Å²) in [6, 6.07) is 12.0. The first-order valence-electron chi connectivity index (χ1n) is 9.22. The summed E-state index contributed by atoms with van der Waals surface area (Å²) in [4.78, 5) is 15.8. The summed E-state index contributed by atoms with van der Waals surface area (Å²) < 4.78 is 7.99. The van der Waals surface area contributed by atoms with Crippen molar-refractivity contribution in [2.45, 2.75) is 38.8 Å². The lowest BCUT2D eigenvalue weighted by Gasteiger charge is -2.09. The van der Waals surface area contributed by atoms with E-state index in [1.165, 1.54) is 25.5 Å². The van der Waals surface area contributed by atoms with E-state index in [1.54, 1.807) is 0 Å². The van der Waals surface area contributed by atoms with Crippen LogP contribution in [0.1, 0.15) is 42.6 Å². The summed E-state index contributed by atoms with van der Waals surface area (Å²) in [5, 5.41) is 7.60. The maximum Gasteiger partial charge on any atom is 0.221 e. The summed E-state index contributed by atoms with van der Waals surface area (Å²) in [6.45, 7) is 2.59. The molecular weight excluding hydrogens is 340 g/mol. The standard InChI is InChI=1S/C21H20N4O2/c1-13(26)23-17-5-4-16-11-25-18(12-27-21(16)9-17)10-20(24-25)15-6-7-22-19(8-15)14-2-3-14/h4-10,14H,2-3,11-12H2,1H3,(H,23,26). The number of fused-ring (bicyclic) bond motifs is 2. The first kappa shape index (κ1) is 16.1. The number of nitrogens with one attached hydrogen (secondary N) is 1. The smallest absolute Gasteiger partial charge is 0.221 e. The second kappa shape index (κ2) is 6.23. The fraction of sp³-hybridized carbons (Fsp3) is 0.286. The van der Waals surface area contributed by atoms with Crippen molar-refractivity contribution in [2.24, 2.45) is 0 Å². The molecule has 0 unspecified atom stereocenters. The van der Waals surface area contributed by atoms with Gasteiger partial charge in [0.1, 0.15) is 12.4 Å². The van der Waals surface area contributed by atoms with Gasteiger partial charge < -0.3 is 10.1 Å². The van der Waals surface area contributed by atoms with Crippen molar-refractivity contribution in [2.75, 3.05) is 5.32 Å². The average molecular weight is 360 g/mol. The Morgan fingerprint density at radius 3 is 2.93 bits per heavy atom. The Kier molecular flexibility index (Phi) is 3.70. The molecule has 0 spiro atoms. The molecule has 0 radical (unpaired) electrons. The molecule has 1 aliphatic carbocycles. The van der Waals surface area contributed by atoms with E-state index in [2.05, 4.69) is 22.4 Å². The second-order valence-electron chi connectivity index (χ2n) is 7.21. The molecule has 0 saturated heterocycles. The molecule has 5 rings (SSSR count). The van der Waals surface area contributed by atoms with Crippen molar-refractivity contribution in [1.29, 1.82) is 0 Å². The van der Waals surface area contributed by atoms with Crippen molar-refractivity contribution in [3.05, 3.63) is 59.5 Å². The van der Waals surface area contributed by atoms with Gasteiger partial charge in [0, 0.05) is 47.6 Å². The van der Waals surface area contributed by atoms with E-state index < -0.39 is 0 Å². The zero-order valence-corrected chi connectivity index (χ0v) is 15.1. The lowest BCUT2D eigenvalue weighted by molar-refractivity contribution is -0.114. The van der Waals surface area contributed by atoms with Gasteiger partial charge in [0.2, 0.25) is 5.91 Å². The van der Waals surface area contributed by atoms with Crippen LogP contribution in [0.25, 0.3) is 11.3 Å². The maximum absolute atomic E-state index is 11.3. The summed E-state index contributed by atoms with van der Waals surface area (Å²) in [6.07, 6.45) is 4.35. The molecule has 0 atom stereocenters. The number of pyridine rings is 1. The number of hydrogen-bond acceptors (Lipinski definition) is 4. The number of nitrogens with zero attached hydrogens (tertiary/aromatic N) is 3. The molecule has 1 aromatic carbocycles. The molecular formula is C21H20N4O2. The Labute approximate surface area is 157 Å². The van der Waals surface area contributed by atoms with Crippen LogP contribution in [0.2, 0.25) is 0 Å². The topological polar surface area (TPSA) is 69.0 Å². The molecule has 1 amide bonds. The summed E-state index contributed by atoms with van der Waals surface area (Å²) in [7, 11) is 0. The fourth-order valence-corrected chi connectivity index (χ4v) is 3.47. The third-order valence-electron chi connectivity index (χ3n) is 5.02. The van der Waals surface area contributed by atoms with Gasteiger partial charge in [-0.05, 0) is 37.1 Å². The van der Waals surface area contributed by atoms with Gasteiger partial charge in [0.25, 0.3) is 0 Å². The molecule has 0 bridgehead atoms. The van der Waals surface area contributed by atoms with E-state index in [-0.39, 0.29) is 5.91 Å². The van der Waals surface area contributed by atoms with Crippen LogP contribution in [0.4, 0.5) is 5.69 Å². The highest BCUT2D eigenvalue weighted by molar-refractivity contribution is 5.88. The van der Waals surface area contributed by atoms with E-state index >= 15 is 0 Å². The zero-order chi connectivity index (χ0) is 18.4. The van der Waals surface area contributed by atoms with Crippen molar-refractivity contribution in [1.82, 2.24) is 14.8 Å². The first-order chi connectivity index (χ1) is 13.2. The Morgan fingerprint density at radius 1 is 1.22 bits per heavy atom. The molecule has 2 aliphatic rings. The van der Waals surface area contributed by atoms with Crippen LogP contribution < -0.4 is 10.1 Å². The van der Waals surface area contributed by atoms with Crippen LogP contribution in [0.15, 0.2) is 42.6 Å². The highest BCUT2D eigenvalue weighted by Gasteiger charge is 2.25. The Hall–Kier alpha value is -3.15. The minimum atomic E-state index is -0.0935. The highest BCUT2D eigenvalue weighted by Crippen LogP contribution is 2.40. The van der Waals surface area contributed by atoms with E-state index in [1.807, 2.05) is 35.1 Å². The van der Waals surface area contributed by atoms with Crippen LogP contribution in [0, 0.1) is 0 Å². The molecule has 1 aliphatic heterocycles. The van der Waals surface area contributed by atoms with Crippen molar-refractivity contribution >= 4 is 11.6 Å². The SMILES string of the molecule is CC(=O)Nc1ccc2c(c1)OCc1cc(-c3ccnc(C4CC4)c3)nn1C2. The number of amides is 1. The molecule has 6 heteroatoms. The minimum Gasteiger partial charge on any atom is -0.487 e. The molecule has 3 heterocycles. The van der Waals surface area contributed by atoms with Gasteiger partial charge in [0.15, 0.2) is 0 Å². The van der Waals surface area contributed by atoms with Crippen molar-refractivity contribution < 1.29 is 9.53 Å². The quantitative estimate of drug-likeness (QED) is 0.773. The van der Waals surface area contributed by atoms with E-state index in [9.17, 15) is 4.79 Å². The largest absolute Gasteiger partial charge is 0.487 e. The van der Waals surface area contributed by atoms with Gasteiger partial charge in [0.05, 0.1) is 17.9 Å². The van der Waals surface area contributed by atoms with Crippen LogP contribution in [0.5, 0.6) is 5.75 Å². The molecule has 1 fully saturated rings. The zero-order valence-electron chi connectivity index (χ0n) is 15.1. The third-order valence-corrected chi connectivity index (χ3v) is 5.02. The number of anilines is 1. The number of benzene rings is 1. The number of carbonyl (C=O) groups is 1. The van der Waals surface area contributed by atoms with Gasteiger partial charge >= 0.3 is 0 Å². The Balaban J connectivity index is 1.44. The van der Waals surface area contributed by atoms with Crippen molar-refractivity contribution in [3.8, 4) is 17.0 Å². The molecule has 1 saturated carbocycles. The Morgan fingerprint density at radius 2 is 2.11 bits per heavy atom. The van der Waals surface area contributed by atoms with Gasteiger partial charge in [-0.3, -0.25) is 14.5 Å². The van der Waals surface area contributed by atoms with Gasteiger partial charge in [-0.1, -0.05) is 6.07 Å². The molecule has 3 aromatic rings. The predicted octanol–water partition coefficient (Wildman–Crippen LogP) is 3.72. The summed E-state index contributed by atoms with van der Waals surface area (Å²) >= 11 is 0. The molecule has 1 N–H and O–H groups in total. The van der Waals surface area contributed by atoms with Gasteiger partial charge in [-0.25, -0.2) is 0 Å². The second-order valence-corrected chi connectivity index (χ2v) is 7.21. The normalized spacial score (nSPS) is 15.3. The number of ether oxygens (including phenoxy) is 1. The summed E-state index contributed by atoms with van der Waals surface area (Å²) in [5.41, 5.74) is 6.05.